The van der Waals surface area contributed by atoms with Crippen molar-refractivity contribution in [2.75, 3.05) is 6.61 Å². The van der Waals surface area contributed by atoms with Crippen molar-refractivity contribution in [2.45, 2.75) is 25.8 Å². The van der Waals surface area contributed by atoms with Gasteiger partial charge in [0.05, 0.1) is 6.61 Å². The van der Waals surface area contributed by atoms with Gasteiger partial charge in [0.2, 0.25) is 0 Å². The van der Waals surface area contributed by atoms with Crippen LogP contribution < -0.4 is 5.73 Å². The van der Waals surface area contributed by atoms with Gasteiger partial charge in [-0.25, -0.2) is 0 Å². The maximum absolute atomic E-state index is 9.26. The first kappa shape index (κ1) is 9.69. The number of aliphatic hydroxyl groups is 1. The van der Waals surface area contributed by atoms with Crippen LogP contribution >= 0.6 is 0 Å². The first-order valence-electron chi connectivity index (χ1n) is 5.11. The molecule has 14 heavy (non-hydrogen) atoms. The molecule has 0 bridgehead atoms. The van der Waals surface area contributed by atoms with Crippen molar-refractivity contribution in [3.05, 3.63) is 35.4 Å². The van der Waals surface area contributed by atoms with Gasteiger partial charge in [-0.05, 0) is 25.3 Å². The Balaban J connectivity index is 2.19. The van der Waals surface area contributed by atoms with E-state index >= 15 is 0 Å². The van der Waals surface area contributed by atoms with Crippen molar-refractivity contribution in [3.63, 3.8) is 0 Å². The fourth-order valence-electron chi connectivity index (χ4n) is 1.86. The summed E-state index contributed by atoms with van der Waals surface area (Å²) in [5.41, 5.74) is 8.50. The molecule has 1 aliphatic rings. The number of hydrogen-bond donors (Lipinski definition) is 2. The standard InChI is InChI=1S/C12H17NO/c1-9-2-4-10(5-3-9)11(13)12(8-14)6-7-12/h2-5,11,14H,6-8,13H2,1H3. The Kier molecular flexibility index (Phi) is 2.33. The zero-order chi connectivity index (χ0) is 10.2. The number of aryl methyl sites for hydroxylation is 1. The highest BCUT2D eigenvalue weighted by Gasteiger charge is 2.47. The van der Waals surface area contributed by atoms with Gasteiger partial charge in [-0.2, -0.15) is 0 Å². The van der Waals surface area contributed by atoms with Crippen LogP contribution in [0.5, 0.6) is 0 Å². The number of hydrogen-bond acceptors (Lipinski definition) is 2. The van der Waals surface area contributed by atoms with E-state index in [9.17, 15) is 5.11 Å². The molecule has 0 saturated heterocycles. The van der Waals surface area contributed by atoms with Gasteiger partial charge < -0.3 is 10.8 Å². The van der Waals surface area contributed by atoms with Gasteiger partial charge >= 0.3 is 0 Å². The van der Waals surface area contributed by atoms with Crippen molar-refractivity contribution >= 4 is 0 Å². The molecular formula is C12H17NO. The van der Waals surface area contributed by atoms with E-state index in [1.165, 1.54) is 5.56 Å². The molecule has 1 aromatic carbocycles. The maximum atomic E-state index is 9.26. The summed E-state index contributed by atoms with van der Waals surface area (Å²) in [4.78, 5) is 0. The summed E-state index contributed by atoms with van der Waals surface area (Å²) in [5, 5.41) is 9.26. The van der Waals surface area contributed by atoms with Crippen molar-refractivity contribution < 1.29 is 5.11 Å². The highest BCUT2D eigenvalue weighted by molar-refractivity contribution is 5.27. The third-order valence-electron chi connectivity index (χ3n) is 3.30. The van der Waals surface area contributed by atoms with E-state index < -0.39 is 0 Å². The molecular weight excluding hydrogens is 174 g/mol. The van der Waals surface area contributed by atoms with E-state index in [1.54, 1.807) is 0 Å². The summed E-state index contributed by atoms with van der Waals surface area (Å²) in [6.45, 7) is 2.27. The molecule has 1 atom stereocenters. The Hall–Kier alpha value is -0.860. The molecule has 2 rings (SSSR count). The number of benzene rings is 1. The molecule has 1 unspecified atom stereocenters. The second kappa shape index (κ2) is 3.37. The second-order valence-electron chi connectivity index (χ2n) is 4.41. The lowest BCUT2D eigenvalue weighted by Crippen LogP contribution is -2.25. The minimum atomic E-state index is -0.0186. The Bertz CT molecular complexity index is 314. The van der Waals surface area contributed by atoms with E-state index in [0.29, 0.717) is 0 Å². The van der Waals surface area contributed by atoms with Crippen molar-refractivity contribution in [1.82, 2.24) is 0 Å². The molecule has 1 aliphatic carbocycles. The maximum Gasteiger partial charge on any atom is 0.0505 e. The lowest BCUT2D eigenvalue weighted by molar-refractivity contribution is 0.188. The van der Waals surface area contributed by atoms with Crippen LogP contribution in [0.3, 0.4) is 0 Å². The van der Waals surface area contributed by atoms with E-state index in [-0.39, 0.29) is 18.1 Å². The average molecular weight is 191 g/mol. The second-order valence-corrected chi connectivity index (χ2v) is 4.41. The summed E-state index contributed by atoms with van der Waals surface area (Å²) in [6.07, 6.45) is 2.11. The molecule has 0 aromatic heterocycles. The smallest absolute Gasteiger partial charge is 0.0505 e. The van der Waals surface area contributed by atoms with Crippen LogP contribution in [-0.2, 0) is 0 Å². The van der Waals surface area contributed by atoms with Crippen molar-refractivity contribution in [2.24, 2.45) is 11.1 Å². The van der Waals surface area contributed by atoms with Gasteiger partial charge in [-0.1, -0.05) is 29.8 Å². The van der Waals surface area contributed by atoms with Crippen LogP contribution in [0.15, 0.2) is 24.3 Å². The fraction of sp³-hybridized carbons (Fsp3) is 0.500. The first-order valence-corrected chi connectivity index (χ1v) is 5.11. The van der Waals surface area contributed by atoms with Crippen LogP contribution in [0.4, 0.5) is 0 Å². The van der Waals surface area contributed by atoms with Crippen LogP contribution in [0.25, 0.3) is 0 Å². The van der Waals surface area contributed by atoms with Crippen molar-refractivity contribution in [1.29, 1.82) is 0 Å². The van der Waals surface area contributed by atoms with Crippen molar-refractivity contribution in [3.8, 4) is 0 Å². The largest absolute Gasteiger partial charge is 0.396 e. The van der Waals surface area contributed by atoms with Gasteiger partial charge in [0.1, 0.15) is 0 Å². The van der Waals surface area contributed by atoms with E-state index in [0.717, 1.165) is 18.4 Å². The zero-order valence-electron chi connectivity index (χ0n) is 8.53. The summed E-state index contributed by atoms with van der Waals surface area (Å²) in [7, 11) is 0. The monoisotopic (exact) mass is 191 g/mol. The molecule has 0 spiro atoms. The summed E-state index contributed by atoms with van der Waals surface area (Å²) >= 11 is 0. The molecule has 2 nitrogen and oxygen atoms in total. The third kappa shape index (κ3) is 1.56. The zero-order valence-corrected chi connectivity index (χ0v) is 8.53. The molecule has 76 valence electrons. The minimum absolute atomic E-state index is 0.00639. The normalized spacial score (nSPS) is 20.5. The lowest BCUT2D eigenvalue weighted by Gasteiger charge is -2.21. The van der Waals surface area contributed by atoms with Gasteiger partial charge in [-0.15, -0.1) is 0 Å². The van der Waals surface area contributed by atoms with E-state index in [2.05, 4.69) is 31.2 Å². The van der Waals surface area contributed by atoms with Crippen LogP contribution in [0, 0.1) is 12.3 Å². The van der Waals surface area contributed by atoms with Crippen LogP contribution in [0.1, 0.15) is 30.0 Å². The molecule has 0 heterocycles. The lowest BCUT2D eigenvalue weighted by atomic mass is 9.91. The predicted octanol–water partition coefficient (Wildman–Crippen LogP) is 1.77. The minimum Gasteiger partial charge on any atom is -0.396 e. The molecule has 0 radical (unpaired) electrons. The summed E-state index contributed by atoms with van der Waals surface area (Å²) in [6, 6.07) is 8.27. The quantitative estimate of drug-likeness (QED) is 0.764. The molecule has 0 amide bonds. The summed E-state index contributed by atoms with van der Waals surface area (Å²) < 4.78 is 0. The van der Waals surface area contributed by atoms with Gasteiger partial charge in [0.15, 0.2) is 0 Å². The molecule has 1 saturated carbocycles. The predicted molar refractivity (Wildman–Crippen MR) is 56.9 cm³/mol. The SMILES string of the molecule is Cc1ccc(C(N)C2(CO)CC2)cc1. The highest BCUT2D eigenvalue weighted by Crippen LogP contribution is 2.53. The average Bonchev–Trinajstić information content (AvgIpc) is 2.99. The Morgan fingerprint density at radius 2 is 1.93 bits per heavy atom. The van der Waals surface area contributed by atoms with Gasteiger partial charge in [0, 0.05) is 11.5 Å². The topological polar surface area (TPSA) is 46.2 Å². The number of aliphatic hydroxyl groups excluding tert-OH is 1. The molecule has 0 aliphatic heterocycles. The first-order chi connectivity index (χ1) is 6.68. The molecule has 1 fully saturated rings. The third-order valence-corrected chi connectivity index (χ3v) is 3.30. The Labute approximate surface area is 84.7 Å². The molecule has 3 N–H and O–H groups in total. The van der Waals surface area contributed by atoms with Gasteiger partial charge in [0.25, 0.3) is 0 Å². The Morgan fingerprint density at radius 1 is 1.36 bits per heavy atom. The number of rotatable bonds is 3. The van der Waals surface area contributed by atoms with Crippen LogP contribution in [0.2, 0.25) is 0 Å². The molecule has 1 aromatic rings. The number of nitrogens with two attached hydrogens (primary N) is 1. The van der Waals surface area contributed by atoms with E-state index in [1.807, 2.05) is 0 Å². The van der Waals surface area contributed by atoms with Crippen LogP contribution in [-0.4, -0.2) is 11.7 Å². The van der Waals surface area contributed by atoms with E-state index in [4.69, 9.17) is 5.73 Å². The highest BCUT2D eigenvalue weighted by atomic mass is 16.3. The van der Waals surface area contributed by atoms with Gasteiger partial charge in [-0.3, -0.25) is 0 Å². The fourth-order valence-corrected chi connectivity index (χ4v) is 1.86. The Morgan fingerprint density at radius 3 is 2.36 bits per heavy atom. The summed E-state index contributed by atoms with van der Waals surface area (Å²) in [5.74, 6) is 0. The molecule has 2 heteroatoms.